The molecule has 1 aromatic rings. The number of nitrogens with one attached hydrogen (secondary N) is 1. The number of hydrogen-bond donors (Lipinski definition) is 1. The maximum atomic E-state index is 11.4. The molecule has 0 saturated carbocycles. The van der Waals surface area contributed by atoms with Gasteiger partial charge in [-0.15, -0.1) is 0 Å². The Hall–Kier alpha value is -1.39. The zero-order chi connectivity index (χ0) is 15.8. The molecule has 0 fully saturated rings. The van der Waals surface area contributed by atoms with Crippen molar-refractivity contribution in [3.8, 4) is 0 Å². The lowest BCUT2D eigenvalue weighted by Gasteiger charge is -2.23. The van der Waals surface area contributed by atoms with Gasteiger partial charge >= 0.3 is 0 Å². The smallest absolute Gasteiger partial charge is 0.221 e. The molecule has 0 aromatic heterocycles. The van der Waals surface area contributed by atoms with Crippen molar-refractivity contribution in [2.45, 2.75) is 39.7 Å². The Morgan fingerprint density at radius 2 is 2.00 bits per heavy atom. The van der Waals surface area contributed by atoms with E-state index in [1.807, 2.05) is 12.1 Å². The third-order valence-corrected chi connectivity index (χ3v) is 3.40. The summed E-state index contributed by atoms with van der Waals surface area (Å²) in [5.41, 5.74) is 3.08. The highest BCUT2D eigenvalue weighted by Gasteiger charge is 2.18. The summed E-state index contributed by atoms with van der Waals surface area (Å²) in [5.74, 6) is 0.471. The van der Waals surface area contributed by atoms with E-state index in [9.17, 15) is 4.79 Å². The summed E-state index contributed by atoms with van der Waals surface area (Å²) in [4.78, 5) is 11.4. The quantitative estimate of drug-likeness (QED) is 0.797. The molecule has 1 atom stereocenters. The van der Waals surface area contributed by atoms with Gasteiger partial charge in [0.2, 0.25) is 5.91 Å². The Bertz CT molecular complexity index is 457. The fraction of sp³-hybridized carbons (Fsp3) is 0.588. The molecule has 0 aliphatic heterocycles. The van der Waals surface area contributed by atoms with Gasteiger partial charge in [0.15, 0.2) is 0 Å². The first-order valence-electron chi connectivity index (χ1n) is 7.40. The molecular formula is C17H27NO3. The van der Waals surface area contributed by atoms with Crippen LogP contribution in [0.1, 0.15) is 44.4 Å². The zero-order valence-corrected chi connectivity index (χ0v) is 13.7. The second kappa shape index (κ2) is 8.80. The van der Waals surface area contributed by atoms with Gasteiger partial charge in [-0.25, -0.2) is 0 Å². The topological polar surface area (TPSA) is 47.6 Å². The van der Waals surface area contributed by atoms with E-state index in [-0.39, 0.29) is 12.0 Å². The van der Waals surface area contributed by atoms with E-state index in [1.165, 1.54) is 6.92 Å². The molecule has 0 aliphatic rings. The first kappa shape index (κ1) is 17.7. The number of carbonyl (C=O) groups excluding carboxylic acids is 1. The van der Waals surface area contributed by atoms with Crippen LogP contribution in [0, 0.1) is 5.92 Å². The van der Waals surface area contributed by atoms with Gasteiger partial charge in [-0.1, -0.05) is 26.0 Å². The van der Waals surface area contributed by atoms with Crippen molar-refractivity contribution in [2.75, 3.05) is 26.1 Å². The Morgan fingerprint density at radius 3 is 2.52 bits per heavy atom. The molecule has 21 heavy (non-hydrogen) atoms. The van der Waals surface area contributed by atoms with Crippen LogP contribution in [0.15, 0.2) is 18.2 Å². The molecular weight excluding hydrogens is 266 g/mol. The third-order valence-electron chi connectivity index (χ3n) is 3.40. The van der Waals surface area contributed by atoms with Gasteiger partial charge in [-0.2, -0.15) is 0 Å². The lowest BCUT2D eigenvalue weighted by atomic mass is 9.93. The number of methoxy groups -OCH3 is 2. The fourth-order valence-corrected chi connectivity index (χ4v) is 2.47. The number of ether oxygens (including phenoxy) is 2. The summed E-state index contributed by atoms with van der Waals surface area (Å²) in [7, 11) is 3.42. The van der Waals surface area contributed by atoms with Crippen LogP contribution in [0.5, 0.6) is 0 Å². The van der Waals surface area contributed by atoms with Crippen LogP contribution in [0.25, 0.3) is 0 Å². The minimum atomic E-state index is -0.0661. The van der Waals surface area contributed by atoms with Crippen molar-refractivity contribution in [2.24, 2.45) is 5.92 Å². The van der Waals surface area contributed by atoms with Gasteiger partial charge in [-0.3, -0.25) is 4.79 Å². The maximum Gasteiger partial charge on any atom is 0.221 e. The van der Waals surface area contributed by atoms with E-state index in [1.54, 1.807) is 14.2 Å². The monoisotopic (exact) mass is 293 g/mol. The molecule has 0 bridgehead atoms. The Labute approximate surface area is 127 Å². The number of anilines is 1. The number of rotatable bonds is 8. The van der Waals surface area contributed by atoms with Crippen LogP contribution in [-0.4, -0.2) is 26.7 Å². The molecule has 4 heteroatoms. The summed E-state index contributed by atoms with van der Waals surface area (Å²) in [6, 6.07) is 5.97. The number of amides is 1. The van der Waals surface area contributed by atoms with Crippen LogP contribution in [0.2, 0.25) is 0 Å². The highest BCUT2D eigenvalue weighted by Crippen LogP contribution is 2.31. The van der Waals surface area contributed by atoms with Crippen molar-refractivity contribution in [1.82, 2.24) is 0 Å². The highest BCUT2D eigenvalue weighted by atomic mass is 16.5. The van der Waals surface area contributed by atoms with Crippen LogP contribution in [0.4, 0.5) is 5.69 Å². The second-order valence-electron chi connectivity index (χ2n) is 5.65. The largest absolute Gasteiger partial charge is 0.384 e. The van der Waals surface area contributed by atoms with Gasteiger partial charge in [0, 0.05) is 26.8 Å². The average Bonchev–Trinajstić information content (AvgIpc) is 2.42. The van der Waals surface area contributed by atoms with Gasteiger partial charge in [0.05, 0.1) is 12.7 Å². The van der Waals surface area contributed by atoms with Gasteiger partial charge in [0.25, 0.3) is 0 Å². The predicted octanol–water partition coefficient (Wildman–Crippen LogP) is 3.57. The first-order chi connectivity index (χ1) is 9.99. The molecule has 1 amide bonds. The van der Waals surface area contributed by atoms with Gasteiger partial charge in [0.1, 0.15) is 0 Å². The predicted molar refractivity (Wildman–Crippen MR) is 85.5 cm³/mol. The summed E-state index contributed by atoms with van der Waals surface area (Å²) in [6.07, 6.45) is 1.73. The summed E-state index contributed by atoms with van der Waals surface area (Å²) >= 11 is 0. The van der Waals surface area contributed by atoms with Crippen molar-refractivity contribution in [3.63, 3.8) is 0 Å². The van der Waals surface area contributed by atoms with E-state index in [4.69, 9.17) is 9.47 Å². The van der Waals surface area contributed by atoms with Crippen molar-refractivity contribution in [1.29, 1.82) is 0 Å². The molecule has 118 valence electrons. The zero-order valence-electron chi connectivity index (χ0n) is 13.7. The van der Waals surface area contributed by atoms with E-state index in [2.05, 4.69) is 25.2 Å². The molecule has 1 aromatic carbocycles. The third kappa shape index (κ3) is 5.48. The van der Waals surface area contributed by atoms with Gasteiger partial charge in [-0.05, 0) is 36.0 Å². The number of benzene rings is 1. The number of hydrogen-bond acceptors (Lipinski definition) is 3. The molecule has 0 radical (unpaired) electrons. The van der Waals surface area contributed by atoms with Gasteiger partial charge < -0.3 is 14.8 Å². The summed E-state index contributed by atoms with van der Waals surface area (Å²) < 4.78 is 10.9. The molecule has 4 nitrogen and oxygen atoms in total. The first-order valence-corrected chi connectivity index (χ1v) is 7.40. The van der Waals surface area contributed by atoms with Crippen LogP contribution >= 0.6 is 0 Å². The summed E-state index contributed by atoms with van der Waals surface area (Å²) in [5, 5.41) is 2.90. The van der Waals surface area contributed by atoms with Crippen LogP contribution < -0.4 is 5.32 Å². The second-order valence-corrected chi connectivity index (χ2v) is 5.65. The van der Waals surface area contributed by atoms with Crippen LogP contribution in [0.3, 0.4) is 0 Å². The molecule has 1 N–H and O–H groups in total. The van der Waals surface area contributed by atoms with E-state index < -0.39 is 0 Å². The number of carbonyl (C=O) groups is 1. The average molecular weight is 293 g/mol. The SMILES string of the molecule is COCCc1c(NC(C)=O)cccc1C(CC(C)C)OC. The Balaban J connectivity index is 3.17. The standard InChI is InChI=1S/C17H27NO3/c1-12(2)11-17(21-5)15-7-6-8-16(18-13(3)19)14(15)9-10-20-4/h6-8,12,17H,9-11H2,1-5H3,(H,18,19). The van der Waals surface area contributed by atoms with E-state index >= 15 is 0 Å². The minimum Gasteiger partial charge on any atom is -0.384 e. The maximum absolute atomic E-state index is 11.4. The van der Waals surface area contributed by atoms with E-state index in [0.29, 0.717) is 12.5 Å². The minimum absolute atomic E-state index is 0.0329. The Morgan fingerprint density at radius 1 is 1.29 bits per heavy atom. The molecule has 0 heterocycles. The summed E-state index contributed by atoms with van der Waals surface area (Å²) in [6.45, 7) is 6.49. The molecule has 0 aliphatic carbocycles. The van der Waals surface area contributed by atoms with E-state index in [0.717, 1.165) is 29.7 Å². The van der Waals surface area contributed by atoms with Crippen LogP contribution in [-0.2, 0) is 20.7 Å². The molecule has 0 spiro atoms. The fourth-order valence-electron chi connectivity index (χ4n) is 2.47. The lowest BCUT2D eigenvalue weighted by Crippen LogP contribution is -2.14. The lowest BCUT2D eigenvalue weighted by molar-refractivity contribution is -0.114. The molecule has 1 unspecified atom stereocenters. The molecule has 0 saturated heterocycles. The van der Waals surface area contributed by atoms with Crippen molar-refractivity contribution < 1.29 is 14.3 Å². The Kier molecular flexibility index (Phi) is 7.40. The highest BCUT2D eigenvalue weighted by molar-refractivity contribution is 5.89. The normalized spacial score (nSPS) is 12.5. The van der Waals surface area contributed by atoms with Crippen molar-refractivity contribution in [3.05, 3.63) is 29.3 Å². The van der Waals surface area contributed by atoms with Crippen molar-refractivity contribution >= 4 is 11.6 Å². The molecule has 1 rings (SSSR count).